The molecular weight excluding hydrogens is 473 g/mol. The third-order valence-electron chi connectivity index (χ3n) is 5.66. The van der Waals surface area contributed by atoms with Crippen LogP contribution in [-0.4, -0.2) is 46.9 Å². The molecule has 1 saturated heterocycles. The highest BCUT2D eigenvalue weighted by atomic mass is 32.1. The van der Waals surface area contributed by atoms with Gasteiger partial charge in [-0.05, 0) is 30.2 Å². The summed E-state index contributed by atoms with van der Waals surface area (Å²) in [7, 11) is 0. The van der Waals surface area contributed by atoms with Gasteiger partial charge in [-0.3, -0.25) is 19.7 Å². The Kier molecular flexibility index (Phi) is 6.26. The van der Waals surface area contributed by atoms with Gasteiger partial charge in [0.2, 0.25) is 0 Å². The van der Waals surface area contributed by atoms with Gasteiger partial charge in [-0.25, -0.2) is 0 Å². The number of rotatable bonds is 4. The first-order valence-corrected chi connectivity index (χ1v) is 11.2. The van der Waals surface area contributed by atoms with Gasteiger partial charge in [-0.1, -0.05) is 30.4 Å². The molecule has 0 bridgehead atoms. The van der Waals surface area contributed by atoms with E-state index in [2.05, 4.69) is 4.98 Å². The van der Waals surface area contributed by atoms with Crippen LogP contribution in [0.25, 0.3) is 10.1 Å². The Balaban J connectivity index is 1.59. The molecule has 2 heterocycles. The number of hydrogen-bond acceptors (Lipinski definition) is 7. The molecule has 1 aromatic heterocycles. The standard InChI is InChI=1S/C22H19F3N4O4S/c1-2-13-3-5-14(6-4-13)20(31)27-7-9-28(10-8-27)21-26-19(30)16-11-15(22(23,24)25)12-17(29(32)33)18(16)34-21/h3-6,11-12H,2,7-10H2,1H3. The number of alkyl halides is 3. The van der Waals surface area contributed by atoms with E-state index in [0.29, 0.717) is 43.9 Å². The van der Waals surface area contributed by atoms with E-state index >= 15 is 0 Å². The van der Waals surface area contributed by atoms with Crippen molar-refractivity contribution in [2.75, 3.05) is 31.1 Å². The van der Waals surface area contributed by atoms with Crippen LogP contribution >= 0.6 is 11.3 Å². The highest BCUT2D eigenvalue weighted by molar-refractivity contribution is 7.22. The lowest BCUT2D eigenvalue weighted by Gasteiger charge is -2.35. The number of carbonyl (C=O) groups is 1. The van der Waals surface area contributed by atoms with Gasteiger partial charge >= 0.3 is 6.18 Å². The number of hydrogen-bond donors (Lipinski definition) is 0. The normalized spacial score (nSPS) is 14.5. The zero-order valence-electron chi connectivity index (χ0n) is 18.0. The molecule has 0 saturated carbocycles. The summed E-state index contributed by atoms with van der Waals surface area (Å²) in [5.41, 5.74) is -1.35. The maximum atomic E-state index is 13.1. The fourth-order valence-corrected chi connectivity index (χ4v) is 4.86. The van der Waals surface area contributed by atoms with E-state index in [1.807, 2.05) is 19.1 Å². The van der Waals surface area contributed by atoms with E-state index in [1.165, 1.54) is 0 Å². The number of halogens is 3. The van der Waals surface area contributed by atoms with Crippen LogP contribution in [0.4, 0.5) is 24.0 Å². The summed E-state index contributed by atoms with van der Waals surface area (Å²) in [6, 6.07) is 8.38. The highest BCUT2D eigenvalue weighted by Gasteiger charge is 2.34. The van der Waals surface area contributed by atoms with Crippen LogP contribution in [0.5, 0.6) is 0 Å². The zero-order chi connectivity index (χ0) is 24.6. The summed E-state index contributed by atoms with van der Waals surface area (Å²) in [4.78, 5) is 43.1. The highest BCUT2D eigenvalue weighted by Crippen LogP contribution is 2.38. The maximum Gasteiger partial charge on any atom is 0.416 e. The molecule has 1 aliphatic heterocycles. The van der Waals surface area contributed by atoms with Gasteiger partial charge in [0.1, 0.15) is 4.70 Å². The summed E-state index contributed by atoms with van der Waals surface area (Å²) >= 11 is 0.794. The van der Waals surface area contributed by atoms with Gasteiger partial charge in [0.25, 0.3) is 17.2 Å². The van der Waals surface area contributed by atoms with Crippen molar-refractivity contribution in [3.05, 3.63) is 73.6 Å². The van der Waals surface area contributed by atoms with Crippen LogP contribution in [0, 0.1) is 10.1 Å². The minimum atomic E-state index is -4.84. The van der Waals surface area contributed by atoms with Crippen LogP contribution in [0.1, 0.15) is 28.4 Å². The lowest BCUT2D eigenvalue weighted by Crippen LogP contribution is -2.49. The van der Waals surface area contributed by atoms with Gasteiger partial charge in [0.05, 0.1) is 15.9 Å². The fraction of sp³-hybridized carbons (Fsp3) is 0.318. The molecule has 3 aromatic rings. The smallest absolute Gasteiger partial charge is 0.344 e. The van der Waals surface area contributed by atoms with Crippen molar-refractivity contribution >= 4 is 38.1 Å². The first-order chi connectivity index (χ1) is 16.1. The Morgan fingerprint density at radius 3 is 2.35 bits per heavy atom. The molecule has 1 aliphatic rings. The van der Waals surface area contributed by atoms with E-state index < -0.39 is 33.3 Å². The Hall–Kier alpha value is -3.54. The number of fused-ring (bicyclic) bond motifs is 1. The molecule has 2 aromatic carbocycles. The summed E-state index contributed by atoms with van der Waals surface area (Å²) in [5.74, 6) is -0.128. The number of non-ortho nitro benzene ring substituents is 1. The van der Waals surface area contributed by atoms with Crippen LogP contribution in [0.15, 0.2) is 41.2 Å². The van der Waals surface area contributed by atoms with E-state index in [9.17, 15) is 32.9 Å². The number of aromatic nitrogens is 1. The van der Waals surface area contributed by atoms with Crippen molar-refractivity contribution in [3.8, 4) is 0 Å². The Morgan fingerprint density at radius 1 is 1.15 bits per heavy atom. The van der Waals surface area contributed by atoms with E-state index in [-0.39, 0.29) is 15.7 Å². The quantitative estimate of drug-likeness (QED) is 0.402. The lowest BCUT2D eigenvalue weighted by molar-refractivity contribution is -0.383. The van der Waals surface area contributed by atoms with Crippen molar-refractivity contribution in [1.29, 1.82) is 0 Å². The predicted octanol–water partition coefficient (Wildman–Crippen LogP) is 4.11. The molecule has 1 amide bonds. The van der Waals surface area contributed by atoms with Crippen LogP contribution in [-0.2, 0) is 12.6 Å². The molecule has 0 radical (unpaired) electrons. The third-order valence-corrected chi connectivity index (χ3v) is 6.83. The number of amides is 1. The molecule has 0 atom stereocenters. The van der Waals surface area contributed by atoms with Crippen LogP contribution < -0.4 is 10.5 Å². The second-order valence-electron chi connectivity index (χ2n) is 7.76. The molecular formula is C22H19F3N4O4S. The molecule has 1 fully saturated rings. The molecule has 0 spiro atoms. The van der Waals surface area contributed by atoms with E-state index in [1.54, 1.807) is 21.9 Å². The maximum absolute atomic E-state index is 13.1. The van der Waals surface area contributed by atoms with Gasteiger partial charge in [-0.2, -0.15) is 18.2 Å². The number of piperazine rings is 1. The molecule has 4 rings (SSSR count). The number of carbonyl (C=O) groups excluding carboxylic acids is 1. The van der Waals surface area contributed by atoms with Crippen molar-refractivity contribution in [2.45, 2.75) is 19.5 Å². The first-order valence-electron chi connectivity index (χ1n) is 10.4. The van der Waals surface area contributed by atoms with Gasteiger partial charge in [0, 0.05) is 37.8 Å². The molecule has 8 nitrogen and oxygen atoms in total. The van der Waals surface area contributed by atoms with Crippen LogP contribution in [0.2, 0.25) is 0 Å². The monoisotopic (exact) mass is 492 g/mol. The number of anilines is 1. The first kappa shape index (κ1) is 23.6. The molecule has 178 valence electrons. The summed E-state index contributed by atoms with van der Waals surface area (Å²) in [5, 5.41) is 11.2. The largest absolute Gasteiger partial charge is 0.416 e. The minimum Gasteiger partial charge on any atom is -0.344 e. The van der Waals surface area contributed by atoms with E-state index in [0.717, 1.165) is 23.3 Å². The second kappa shape index (κ2) is 9.01. The van der Waals surface area contributed by atoms with Crippen LogP contribution in [0.3, 0.4) is 0 Å². The Morgan fingerprint density at radius 2 is 1.79 bits per heavy atom. The predicted molar refractivity (Wildman–Crippen MR) is 121 cm³/mol. The number of benzene rings is 2. The second-order valence-corrected chi connectivity index (χ2v) is 8.74. The number of nitrogens with zero attached hydrogens (tertiary/aromatic N) is 4. The van der Waals surface area contributed by atoms with E-state index in [4.69, 9.17) is 0 Å². The molecule has 0 aliphatic carbocycles. The molecule has 12 heteroatoms. The van der Waals surface area contributed by atoms with Gasteiger partial charge < -0.3 is 9.80 Å². The Labute approximate surface area is 195 Å². The van der Waals surface area contributed by atoms with Gasteiger partial charge in [-0.15, -0.1) is 0 Å². The zero-order valence-corrected chi connectivity index (χ0v) is 18.8. The Bertz CT molecular complexity index is 1320. The molecule has 0 N–H and O–H groups in total. The van der Waals surface area contributed by atoms with Crippen molar-refractivity contribution in [1.82, 2.24) is 9.88 Å². The SMILES string of the molecule is CCc1ccc(C(=O)N2CCN(c3nc(=O)c4cc(C(F)(F)F)cc([N+](=O)[O-])c4s3)CC2)cc1. The minimum absolute atomic E-state index is 0.128. The molecule has 34 heavy (non-hydrogen) atoms. The number of aryl methyl sites for hydroxylation is 1. The fourth-order valence-electron chi connectivity index (χ4n) is 3.74. The number of nitro groups is 1. The lowest BCUT2D eigenvalue weighted by atomic mass is 10.1. The summed E-state index contributed by atoms with van der Waals surface area (Å²) in [6.07, 6.45) is -3.97. The van der Waals surface area contributed by atoms with Crippen molar-refractivity contribution in [2.24, 2.45) is 0 Å². The average molecular weight is 492 g/mol. The average Bonchev–Trinajstić information content (AvgIpc) is 2.82. The van der Waals surface area contributed by atoms with Gasteiger partial charge in [0.15, 0.2) is 5.13 Å². The summed E-state index contributed by atoms with van der Waals surface area (Å²) in [6.45, 7) is 3.34. The molecule has 0 unspecified atom stereocenters. The third kappa shape index (κ3) is 4.58. The summed E-state index contributed by atoms with van der Waals surface area (Å²) < 4.78 is 39.3. The number of nitro benzene ring substituents is 1. The topological polar surface area (TPSA) is 96.7 Å². The van der Waals surface area contributed by atoms with Crippen molar-refractivity contribution < 1.29 is 22.9 Å². The van der Waals surface area contributed by atoms with Crippen molar-refractivity contribution in [3.63, 3.8) is 0 Å².